The van der Waals surface area contributed by atoms with Crippen molar-refractivity contribution in [3.05, 3.63) is 53.1 Å². The van der Waals surface area contributed by atoms with Crippen molar-refractivity contribution in [3.8, 4) is 0 Å². The van der Waals surface area contributed by atoms with Crippen molar-refractivity contribution in [2.24, 2.45) is 5.92 Å². The van der Waals surface area contributed by atoms with Crippen molar-refractivity contribution < 1.29 is 4.79 Å². The molecule has 0 aromatic heterocycles. The summed E-state index contributed by atoms with van der Waals surface area (Å²) in [6.07, 6.45) is 5.99. The van der Waals surface area contributed by atoms with E-state index in [1.165, 1.54) is 30.4 Å². The summed E-state index contributed by atoms with van der Waals surface area (Å²) in [7, 11) is 0. The van der Waals surface area contributed by atoms with E-state index < -0.39 is 0 Å². The van der Waals surface area contributed by atoms with Crippen LogP contribution in [0.3, 0.4) is 0 Å². The molecule has 0 heterocycles. The van der Waals surface area contributed by atoms with Gasteiger partial charge >= 0.3 is 0 Å². The van der Waals surface area contributed by atoms with Crippen LogP contribution in [-0.4, -0.2) is 5.78 Å². The highest BCUT2D eigenvalue weighted by atomic mass is 16.1. The van der Waals surface area contributed by atoms with Crippen LogP contribution in [-0.2, 0) is 0 Å². The number of carbonyl (C=O) groups excluding carboxylic acids is 1. The van der Waals surface area contributed by atoms with Crippen molar-refractivity contribution in [1.29, 1.82) is 0 Å². The smallest absolute Gasteiger partial charge is 0.166 e. The number of fused-ring (bicyclic) bond motifs is 1. The maximum Gasteiger partial charge on any atom is 0.166 e. The van der Waals surface area contributed by atoms with Crippen molar-refractivity contribution in [1.82, 2.24) is 0 Å². The molecule has 1 aliphatic carbocycles. The molecular weight excluding hydrogens is 244 g/mol. The normalized spacial score (nSPS) is 14.4. The van der Waals surface area contributed by atoms with Gasteiger partial charge in [-0.15, -0.1) is 0 Å². The lowest BCUT2D eigenvalue weighted by atomic mass is 9.87. The van der Waals surface area contributed by atoms with Crippen molar-refractivity contribution in [2.45, 2.75) is 33.1 Å². The fraction of sp³-hybridized carbons (Fsp3) is 0.316. The molecule has 0 radical (unpaired) electrons. The fourth-order valence-electron chi connectivity index (χ4n) is 2.75. The molecule has 20 heavy (non-hydrogen) atoms. The van der Waals surface area contributed by atoms with Crippen molar-refractivity contribution in [3.63, 3.8) is 0 Å². The standard InChI is InChI=1S/C19H20O/c1-13(2)19(20)17-11-5-9-15-8-4-10-16(18(15)17)12-14-6-3-7-14/h4-5,8-13H,3,6-7H2,1-2H3. The van der Waals surface area contributed by atoms with Crippen molar-refractivity contribution in [2.75, 3.05) is 0 Å². The van der Waals surface area contributed by atoms with Gasteiger partial charge in [0.2, 0.25) is 0 Å². The van der Waals surface area contributed by atoms with Crippen LogP contribution in [0.2, 0.25) is 0 Å². The number of benzene rings is 2. The molecule has 0 spiro atoms. The van der Waals surface area contributed by atoms with Crippen LogP contribution in [0.5, 0.6) is 0 Å². The second kappa shape index (κ2) is 5.24. The first-order valence-electron chi connectivity index (χ1n) is 7.42. The van der Waals surface area contributed by atoms with Gasteiger partial charge in [0.25, 0.3) is 0 Å². The predicted octanol–water partition coefficient (Wildman–Crippen LogP) is 5.25. The van der Waals surface area contributed by atoms with Crippen molar-refractivity contribution >= 4 is 22.6 Å². The van der Waals surface area contributed by atoms with Crippen LogP contribution >= 0.6 is 0 Å². The Bertz CT molecular complexity index is 681. The zero-order valence-corrected chi connectivity index (χ0v) is 12.1. The van der Waals surface area contributed by atoms with E-state index in [1.807, 2.05) is 26.0 Å². The average molecular weight is 264 g/mol. The highest BCUT2D eigenvalue weighted by Crippen LogP contribution is 2.31. The van der Waals surface area contributed by atoms with E-state index in [0.29, 0.717) is 0 Å². The van der Waals surface area contributed by atoms with Crippen LogP contribution in [0, 0.1) is 5.92 Å². The van der Waals surface area contributed by atoms with Gasteiger partial charge in [0.1, 0.15) is 0 Å². The van der Waals surface area contributed by atoms with E-state index in [2.05, 4.69) is 30.3 Å². The first-order chi connectivity index (χ1) is 9.66. The topological polar surface area (TPSA) is 17.1 Å². The number of Topliss-reactive ketones (excluding diaryl/α,β-unsaturated/α-hetero) is 1. The second-order valence-electron chi connectivity index (χ2n) is 5.93. The van der Waals surface area contributed by atoms with E-state index >= 15 is 0 Å². The average Bonchev–Trinajstić information content (AvgIpc) is 2.41. The van der Waals surface area contributed by atoms with Gasteiger partial charge in [-0.05, 0) is 35.6 Å². The maximum absolute atomic E-state index is 12.5. The van der Waals surface area contributed by atoms with E-state index in [-0.39, 0.29) is 11.7 Å². The maximum atomic E-state index is 12.5. The highest BCUT2D eigenvalue weighted by Gasteiger charge is 2.16. The Morgan fingerprint density at radius 1 is 1.10 bits per heavy atom. The molecule has 0 atom stereocenters. The Kier molecular flexibility index (Phi) is 3.43. The second-order valence-corrected chi connectivity index (χ2v) is 5.93. The fourth-order valence-corrected chi connectivity index (χ4v) is 2.75. The minimum atomic E-state index is 0.0324. The van der Waals surface area contributed by atoms with E-state index in [1.54, 1.807) is 0 Å². The summed E-state index contributed by atoms with van der Waals surface area (Å²) in [5.74, 6) is 0.264. The van der Waals surface area contributed by atoms with E-state index in [9.17, 15) is 4.79 Å². The monoisotopic (exact) mass is 264 g/mol. The molecule has 1 fully saturated rings. The lowest BCUT2D eigenvalue weighted by molar-refractivity contribution is 0.0941. The van der Waals surface area contributed by atoms with Gasteiger partial charge in [0.15, 0.2) is 5.78 Å². The molecule has 1 aliphatic rings. The summed E-state index contributed by atoms with van der Waals surface area (Å²) in [6, 6.07) is 12.3. The zero-order valence-electron chi connectivity index (χ0n) is 12.1. The van der Waals surface area contributed by atoms with Crippen LogP contribution in [0.15, 0.2) is 42.0 Å². The third-order valence-electron chi connectivity index (χ3n) is 4.08. The van der Waals surface area contributed by atoms with Gasteiger partial charge in [0.05, 0.1) is 0 Å². The zero-order chi connectivity index (χ0) is 14.1. The third kappa shape index (κ3) is 2.29. The van der Waals surface area contributed by atoms with Gasteiger partial charge < -0.3 is 0 Å². The molecule has 2 aromatic rings. The number of allylic oxidation sites excluding steroid dienone is 1. The molecule has 0 amide bonds. The molecule has 0 unspecified atom stereocenters. The number of hydrogen-bond acceptors (Lipinski definition) is 1. The molecule has 3 rings (SSSR count). The summed E-state index contributed by atoms with van der Waals surface area (Å²) in [4.78, 5) is 12.5. The molecule has 1 heteroatoms. The van der Waals surface area contributed by atoms with Gasteiger partial charge in [-0.3, -0.25) is 4.79 Å². The largest absolute Gasteiger partial charge is 0.294 e. The minimum Gasteiger partial charge on any atom is -0.294 e. The lowest BCUT2D eigenvalue weighted by Gasteiger charge is -2.17. The molecule has 1 saturated carbocycles. The first kappa shape index (κ1) is 13.1. The Hall–Kier alpha value is -1.89. The molecule has 0 N–H and O–H groups in total. The molecule has 102 valence electrons. The number of carbonyl (C=O) groups is 1. The summed E-state index contributed by atoms with van der Waals surface area (Å²) >= 11 is 0. The van der Waals surface area contributed by atoms with Gasteiger partial charge in [-0.25, -0.2) is 0 Å². The number of ketones is 1. The van der Waals surface area contributed by atoms with Crippen LogP contribution in [0.1, 0.15) is 49.0 Å². The number of rotatable bonds is 3. The van der Waals surface area contributed by atoms with Crippen LogP contribution in [0.4, 0.5) is 0 Å². The van der Waals surface area contributed by atoms with Gasteiger partial charge in [-0.2, -0.15) is 0 Å². The Morgan fingerprint density at radius 3 is 2.40 bits per heavy atom. The van der Waals surface area contributed by atoms with Crippen LogP contribution < -0.4 is 0 Å². The molecule has 0 bridgehead atoms. The summed E-state index contributed by atoms with van der Waals surface area (Å²) in [5.41, 5.74) is 3.57. The quantitative estimate of drug-likeness (QED) is 0.692. The number of hydrogen-bond donors (Lipinski definition) is 0. The molecule has 2 aromatic carbocycles. The molecule has 0 aliphatic heterocycles. The first-order valence-corrected chi connectivity index (χ1v) is 7.42. The Labute approximate surface area is 120 Å². The Morgan fingerprint density at radius 2 is 1.80 bits per heavy atom. The SMILES string of the molecule is CC(C)C(=O)c1cccc2cccc(C=C3CCC3)c12. The summed E-state index contributed by atoms with van der Waals surface area (Å²) < 4.78 is 0. The van der Waals surface area contributed by atoms with E-state index in [0.717, 1.165) is 16.3 Å². The van der Waals surface area contributed by atoms with E-state index in [4.69, 9.17) is 0 Å². The molecular formula is C19H20O. The predicted molar refractivity (Wildman–Crippen MR) is 84.9 cm³/mol. The Balaban J connectivity index is 2.22. The lowest BCUT2D eigenvalue weighted by Crippen LogP contribution is -2.08. The summed E-state index contributed by atoms with van der Waals surface area (Å²) in [6.45, 7) is 3.93. The minimum absolute atomic E-state index is 0.0324. The molecule has 1 nitrogen and oxygen atoms in total. The van der Waals surface area contributed by atoms with Gasteiger partial charge in [-0.1, -0.05) is 61.9 Å². The van der Waals surface area contributed by atoms with Crippen LogP contribution in [0.25, 0.3) is 16.8 Å². The third-order valence-corrected chi connectivity index (χ3v) is 4.08. The van der Waals surface area contributed by atoms with Gasteiger partial charge in [0, 0.05) is 11.5 Å². The molecule has 0 saturated heterocycles. The summed E-state index contributed by atoms with van der Waals surface area (Å²) in [5, 5.41) is 2.28. The highest BCUT2D eigenvalue weighted by molar-refractivity contribution is 6.11.